The van der Waals surface area contributed by atoms with E-state index in [0.717, 1.165) is 34.5 Å². The van der Waals surface area contributed by atoms with E-state index in [4.69, 9.17) is 0 Å². The van der Waals surface area contributed by atoms with Gasteiger partial charge < -0.3 is 10.4 Å². The van der Waals surface area contributed by atoms with Crippen molar-refractivity contribution in [1.82, 2.24) is 5.32 Å². The number of rotatable bonds is 4. The number of halogens is 1. The summed E-state index contributed by atoms with van der Waals surface area (Å²) in [5, 5.41) is 15.2. The molecule has 0 aromatic carbocycles. The van der Waals surface area contributed by atoms with Crippen molar-refractivity contribution in [3.05, 3.63) is 19.9 Å². The van der Waals surface area contributed by atoms with Crippen LogP contribution in [-0.2, 0) is 0 Å². The number of thiophene rings is 1. The van der Waals surface area contributed by atoms with Gasteiger partial charge in [-0.25, -0.2) is 0 Å². The summed E-state index contributed by atoms with van der Waals surface area (Å²) in [6.45, 7) is 2.57. The molecule has 1 aliphatic carbocycles. The molecule has 106 valence electrons. The van der Waals surface area contributed by atoms with Crippen molar-refractivity contribution in [1.29, 1.82) is 0 Å². The molecule has 1 saturated carbocycles. The Labute approximate surface area is 131 Å². The van der Waals surface area contributed by atoms with Crippen LogP contribution in [-0.4, -0.2) is 23.2 Å². The third-order valence-electron chi connectivity index (χ3n) is 4.02. The quantitative estimate of drug-likeness (QED) is 0.771. The first-order chi connectivity index (χ1) is 9.02. The average Bonchev–Trinajstić information content (AvgIpc) is 2.84. The molecule has 0 radical (unpaired) electrons. The van der Waals surface area contributed by atoms with Gasteiger partial charge >= 0.3 is 0 Å². The lowest BCUT2D eigenvalue weighted by molar-refractivity contribution is -0.00786. The van der Waals surface area contributed by atoms with Crippen LogP contribution >= 0.6 is 33.9 Å². The summed E-state index contributed by atoms with van der Waals surface area (Å²) >= 11 is 3.76. The average molecular weight is 393 g/mol. The molecule has 0 aliphatic heterocycles. The minimum atomic E-state index is -0.704. The summed E-state index contributed by atoms with van der Waals surface area (Å²) in [5.41, 5.74) is -0.00919. The van der Waals surface area contributed by atoms with Crippen molar-refractivity contribution < 1.29 is 9.90 Å². The van der Waals surface area contributed by atoms with Gasteiger partial charge in [0.25, 0.3) is 5.91 Å². The first-order valence-corrected chi connectivity index (χ1v) is 8.73. The monoisotopic (exact) mass is 393 g/mol. The van der Waals surface area contributed by atoms with Crippen molar-refractivity contribution in [2.45, 2.75) is 44.6 Å². The standard InChI is InChI=1S/C14H20INO2S/c1-2-10-3-5-14(18,6-4-10)9-16-13(17)11-7-12(15)19-8-11/h7-8,10,18H,2-6,9H2,1H3,(H,16,17). The van der Waals surface area contributed by atoms with Crippen LogP contribution in [0, 0.1) is 8.80 Å². The van der Waals surface area contributed by atoms with E-state index in [1.807, 2.05) is 11.4 Å². The fraction of sp³-hybridized carbons (Fsp3) is 0.643. The number of hydrogen-bond donors (Lipinski definition) is 2. The minimum Gasteiger partial charge on any atom is -0.388 e. The number of carbonyl (C=O) groups excluding carboxylic acids is 1. The van der Waals surface area contributed by atoms with Gasteiger partial charge in [-0.1, -0.05) is 13.3 Å². The molecule has 1 aliphatic rings. The Morgan fingerprint density at radius 2 is 2.26 bits per heavy atom. The normalized spacial score (nSPS) is 27.2. The van der Waals surface area contributed by atoms with E-state index in [0.29, 0.717) is 12.1 Å². The fourth-order valence-electron chi connectivity index (χ4n) is 2.58. The molecule has 1 heterocycles. The van der Waals surface area contributed by atoms with E-state index in [2.05, 4.69) is 34.8 Å². The molecule has 2 N–H and O–H groups in total. The predicted molar refractivity (Wildman–Crippen MR) is 86.6 cm³/mol. The molecule has 19 heavy (non-hydrogen) atoms. The highest BCUT2D eigenvalue weighted by atomic mass is 127. The van der Waals surface area contributed by atoms with Crippen LogP contribution in [0.1, 0.15) is 49.4 Å². The van der Waals surface area contributed by atoms with E-state index < -0.39 is 5.60 Å². The van der Waals surface area contributed by atoms with E-state index in [1.54, 1.807) is 11.3 Å². The van der Waals surface area contributed by atoms with Crippen LogP contribution in [0.15, 0.2) is 11.4 Å². The molecule has 1 amide bonds. The summed E-state index contributed by atoms with van der Waals surface area (Å²) in [6, 6.07) is 1.87. The highest BCUT2D eigenvalue weighted by molar-refractivity contribution is 14.1. The maximum atomic E-state index is 11.9. The first-order valence-electron chi connectivity index (χ1n) is 6.77. The van der Waals surface area contributed by atoms with E-state index in [-0.39, 0.29) is 5.91 Å². The Kier molecular flexibility index (Phi) is 5.25. The lowest BCUT2D eigenvalue weighted by atomic mass is 9.78. The fourth-order valence-corrected chi connectivity index (χ4v) is 3.90. The molecule has 0 unspecified atom stereocenters. The zero-order valence-corrected chi connectivity index (χ0v) is 14.1. The van der Waals surface area contributed by atoms with Gasteiger partial charge in [-0.15, -0.1) is 11.3 Å². The Balaban J connectivity index is 1.83. The van der Waals surface area contributed by atoms with Gasteiger partial charge in [0.15, 0.2) is 0 Å². The van der Waals surface area contributed by atoms with Crippen molar-refractivity contribution in [3.8, 4) is 0 Å². The van der Waals surface area contributed by atoms with Gasteiger partial charge in [0, 0.05) is 11.9 Å². The molecule has 0 spiro atoms. The number of carbonyl (C=O) groups is 1. The van der Waals surface area contributed by atoms with Crippen molar-refractivity contribution in [2.24, 2.45) is 5.92 Å². The highest BCUT2D eigenvalue weighted by Gasteiger charge is 2.32. The number of aliphatic hydroxyl groups is 1. The van der Waals surface area contributed by atoms with Crippen molar-refractivity contribution in [3.63, 3.8) is 0 Å². The largest absolute Gasteiger partial charge is 0.388 e. The third-order valence-corrected chi connectivity index (χ3v) is 5.81. The van der Waals surface area contributed by atoms with Gasteiger partial charge in [0.1, 0.15) is 0 Å². The molecule has 0 bridgehead atoms. The predicted octanol–water partition coefficient (Wildman–Crippen LogP) is 3.41. The molecule has 3 nitrogen and oxygen atoms in total. The Morgan fingerprint density at radius 3 is 2.79 bits per heavy atom. The van der Waals surface area contributed by atoms with Crippen LogP contribution in [0.4, 0.5) is 0 Å². The molecule has 1 fully saturated rings. The highest BCUT2D eigenvalue weighted by Crippen LogP contribution is 2.33. The van der Waals surface area contributed by atoms with E-state index in [9.17, 15) is 9.90 Å². The summed E-state index contributed by atoms with van der Waals surface area (Å²) in [5.74, 6) is 0.666. The lowest BCUT2D eigenvalue weighted by Crippen LogP contribution is -2.45. The van der Waals surface area contributed by atoms with Crippen LogP contribution in [0.2, 0.25) is 0 Å². The SMILES string of the molecule is CCC1CCC(O)(CNC(=O)c2csc(I)c2)CC1. The Hall–Kier alpha value is -0.140. The van der Waals surface area contributed by atoms with E-state index >= 15 is 0 Å². The lowest BCUT2D eigenvalue weighted by Gasteiger charge is -2.35. The first kappa shape index (κ1) is 15.3. The van der Waals surface area contributed by atoms with Crippen LogP contribution < -0.4 is 5.32 Å². The molecule has 0 saturated heterocycles. The van der Waals surface area contributed by atoms with Gasteiger partial charge in [-0.2, -0.15) is 0 Å². The number of hydrogen-bond acceptors (Lipinski definition) is 3. The van der Waals surface area contributed by atoms with Crippen LogP contribution in [0.25, 0.3) is 0 Å². The molecule has 0 atom stereocenters. The van der Waals surface area contributed by atoms with Crippen LogP contribution in [0.3, 0.4) is 0 Å². The zero-order chi connectivity index (χ0) is 13.9. The molecule has 2 rings (SSSR count). The summed E-state index contributed by atoms with van der Waals surface area (Å²) < 4.78 is 1.10. The molecule has 1 aromatic rings. The van der Waals surface area contributed by atoms with Crippen LogP contribution in [0.5, 0.6) is 0 Å². The molecular weight excluding hydrogens is 373 g/mol. The van der Waals surface area contributed by atoms with Crippen molar-refractivity contribution in [2.75, 3.05) is 6.54 Å². The maximum Gasteiger partial charge on any atom is 0.252 e. The number of nitrogens with one attached hydrogen (secondary N) is 1. The maximum absolute atomic E-state index is 11.9. The zero-order valence-electron chi connectivity index (χ0n) is 11.1. The summed E-state index contributed by atoms with van der Waals surface area (Å²) in [4.78, 5) is 11.9. The summed E-state index contributed by atoms with van der Waals surface area (Å²) in [6.07, 6.45) is 4.92. The molecule has 1 aromatic heterocycles. The number of amides is 1. The topological polar surface area (TPSA) is 49.3 Å². The second-order valence-electron chi connectivity index (χ2n) is 5.40. The van der Waals surface area contributed by atoms with Gasteiger partial charge in [0.05, 0.1) is 14.0 Å². The molecule has 5 heteroatoms. The second-order valence-corrected chi connectivity index (χ2v) is 8.20. The van der Waals surface area contributed by atoms with Gasteiger partial charge in [-0.05, 0) is 60.3 Å². The smallest absolute Gasteiger partial charge is 0.252 e. The van der Waals surface area contributed by atoms with Gasteiger partial charge in [0.2, 0.25) is 0 Å². The second kappa shape index (κ2) is 6.54. The minimum absolute atomic E-state index is 0.0785. The Morgan fingerprint density at radius 1 is 1.58 bits per heavy atom. The third kappa shape index (κ3) is 4.16. The molecular formula is C14H20INO2S. The van der Waals surface area contributed by atoms with Crippen molar-refractivity contribution >= 4 is 39.8 Å². The Bertz CT molecular complexity index is 438. The summed E-state index contributed by atoms with van der Waals surface area (Å²) in [7, 11) is 0. The van der Waals surface area contributed by atoms with E-state index in [1.165, 1.54) is 6.42 Å². The van der Waals surface area contributed by atoms with Gasteiger partial charge in [-0.3, -0.25) is 4.79 Å².